The van der Waals surface area contributed by atoms with E-state index in [-0.39, 0.29) is 0 Å². The molecule has 6 rings (SSSR count). The van der Waals surface area contributed by atoms with Gasteiger partial charge in [0.05, 0.1) is 0 Å². The summed E-state index contributed by atoms with van der Waals surface area (Å²) >= 11 is 5.47. The molecule has 0 unspecified atom stereocenters. The molecule has 0 saturated heterocycles. The van der Waals surface area contributed by atoms with E-state index in [1.807, 2.05) is 11.3 Å². The van der Waals surface area contributed by atoms with Crippen LogP contribution in [0.25, 0.3) is 52.8 Å². The normalized spacial score (nSPS) is 12.2. The third-order valence-electron chi connectivity index (χ3n) is 5.04. The Morgan fingerprint density at radius 1 is 0.680 bits per heavy atom. The predicted octanol–water partition coefficient (Wildman–Crippen LogP) is 7.60. The van der Waals surface area contributed by atoms with Gasteiger partial charge in [-0.3, -0.25) is 0 Å². The highest BCUT2D eigenvalue weighted by molar-refractivity contribution is 9.10. The van der Waals surface area contributed by atoms with Gasteiger partial charge in [-0.25, -0.2) is 0 Å². The predicted molar refractivity (Wildman–Crippen MR) is 114 cm³/mol. The number of aromatic amines is 1. The molecule has 1 N–H and O–H groups in total. The van der Waals surface area contributed by atoms with Crippen molar-refractivity contribution in [1.82, 2.24) is 4.98 Å². The van der Waals surface area contributed by atoms with E-state index in [2.05, 4.69) is 87.6 Å². The largest absolute Gasteiger partial charge is 0.354 e. The number of hydrogen-bond donors (Lipinski definition) is 1. The zero-order valence-corrected chi connectivity index (χ0v) is 15.5. The maximum atomic E-state index is 3.59. The average molecular weight is 402 g/mol. The molecule has 25 heavy (non-hydrogen) atoms. The maximum Gasteiger partial charge on any atom is 0.0471 e. The number of halogens is 1. The zero-order valence-electron chi connectivity index (χ0n) is 13.1. The first-order chi connectivity index (χ1) is 12.3. The van der Waals surface area contributed by atoms with Crippen LogP contribution in [0.15, 0.2) is 71.2 Å². The highest BCUT2D eigenvalue weighted by Crippen LogP contribution is 2.40. The molecule has 0 amide bonds. The highest BCUT2D eigenvalue weighted by atomic mass is 79.9. The number of rotatable bonds is 0. The molecule has 2 heterocycles. The molecule has 0 radical (unpaired) electrons. The molecule has 0 aliphatic heterocycles. The standard InChI is InChI=1S/C22H12BrNS/c23-13-6-7-18-17(10-13)16-9-12-5-8-21-22(15(12)11-19(16)24-18)14-3-1-2-4-20(14)25-21/h1-11,24H. The van der Waals surface area contributed by atoms with Crippen molar-refractivity contribution in [3.63, 3.8) is 0 Å². The monoisotopic (exact) mass is 401 g/mol. The second-order valence-corrected chi connectivity index (χ2v) is 8.47. The van der Waals surface area contributed by atoms with Crippen molar-refractivity contribution in [1.29, 1.82) is 0 Å². The van der Waals surface area contributed by atoms with E-state index in [0.717, 1.165) is 4.47 Å². The second-order valence-electron chi connectivity index (χ2n) is 6.47. The highest BCUT2D eigenvalue weighted by Gasteiger charge is 2.11. The Labute approximate surface area is 156 Å². The molecule has 6 aromatic rings. The van der Waals surface area contributed by atoms with Crippen LogP contribution in [0.3, 0.4) is 0 Å². The van der Waals surface area contributed by atoms with E-state index in [1.165, 1.54) is 52.8 Å². The van der Waals surface area contributed by atoms with Crippen LogP contribution in [-0.2, 0) is 0 Å². The van der Waals surface area contributed by atoms with Crippen LogP contribution in [0.2, 0.25) is 0 Å². The van der Waals surface area contributed by atoms with Crippen LogP contribution in [0.1, 0.15) is 0 Å². The molecule has 0 aliphatic carbocycles. The summed E-state index contributed by atoms with van der Waals surface area (Å²) in [4.78, 5) is 3.58. The minimum absolute atomic E-state index is 1.11. The van der Waals surface area contributed by atoms with E-state index in [1.54, 1.807) is 0 Å². The minimum Gasteiger partial charge on any atom is -0.354 e. The fraction of sp³-hybridized carbons (Fsp3) is 0. The Bertz CT molecular complexity index is 1460. The molecule has 4 aromatic carbocycles. The Morgan fingerprint density at radius 2 is 1.56 bits per heavy atom. The van der Waals surface area contributed by atoms with E-state index in [0.29, 0.717) is 0 Å². The van der Waals surface area contributed by atoms with Gasteiger partial charge in [0.1, 0.15) is 0 Å². The third kappa shape index (κ3) is 1.88. The van der Waals surface area contributed by atoms with Gasteiger partial charge in [0, 0.05) is 46.5 Å². The van der Waals surface area contributed by atoms with Gasteiger partial charge in [0.2, 0.25) is 0 Å². The lowest BCUT2D eigenvalue weighted by atomic mass is 10.0. The van der Waals surface area contributed by atoms with Gasteiger partial charge in [-0.05, 0) is 53.2 Å². The summed E-state index contributed by atoms with van der Waals surface area (Å²) in [7, 11) is 0. The van der Waals surface area contributed by atoms with Gasteiger partial charge in [-0.1, -0.05) is 40.2 Å². The molecular weight excluding hydrogens is 390 g/mol. The Morgan fingerprint density at radius 3 is 2.52 bits per heavy atom. The second kappa shape index (κ2) is 4.84. The molecule has 0 saturated carbocycles. The van der Waals surface area contributed by atoms with Crippen LogP contribution in [0.4, 0.5) is 0 Å². The van der Waals surface area contributed by atoms with Gasteiger partial charge in [-0.15, -0.1) is 11.3 Å². The first-order valence-corrected chi connectivity index (χ1v) is 9.84. The number of benzene rings is 4. The number of thiophene rings is 1. The minimum atomic E-state index is 1.11. The van der Waals surface area contributed by atoms with E-state index in [9.17, 15) is 0 Å². The molecule has 2 aromatic heterocycles. The maximum absolute atomic E-state index is 3.59. The molecule has 1 nitrogen and oxygen atoms in total. The SMILES string of the molecule is Brc1ccc2[nH]c3cc4c(ccc5sc6ccccc6c54)cc3c2c1. The molecule has 0 aliphatic rings. The quantitative estimate of drug-likeness (QED) is 0.269. The van der Waals surface area contributed by atoms with Crippen molar-refractivity contribution < 1.29 is 0 Å². The molecule has 0 fully saturated rings. The summed E-state index contributed by atoms with van der Waals surface area (Å²) < 4.78 is 3.82. The van der Waals surface area contributed by atoms with Crippen LogP contribution < -0.4 is 0 Å². The van der Waals surface area contributed by atoms with E-state index in [4.69, 9.17) is 0 Å². The van der Waals surface area contributed by atoms with Gasteiger partial charge in [0.25, 0.3) is 0 Å². The van der Waals surface area contributed by atoms with Crippen LogP contribution >= 0.6 is 27.3 Å². The van der Waals surface area contributed by atoms with Crippen molar-refractivity contribution in [3.05, 3.63) is 71.2 Å². The molecule has 0 bridgehead atoms. The topological polar surface area (TPSA) is 15.8 Å². The van der Waals surface area contributed by atoms with Crippen LogP contribution in [0.5, 0.6) is 0 Å². The fourth-order valence-corrected chi connectivity index (χ4v) is 5.40. The average Bonchev–Trinajstić information content (AvgIpc) is 3.17. The zero-order chi connectivity index (χ0) is 16.5. The smallest absolute Gasteiger partial charge is 0.0471 e. The summed E-state index contributed by atoms with van der Waals surface area (Å²) in [5.74, 6) is 0. The van der Waals surface area contributed by atoms with Crippen LogP contribution in [0, 0.1) is 0 Å². The van der Waals surface area contributed by atoms with Gasteiger partial charge >= 0.3 is 0 Å². The Balaban J connectivity index is 1.85. The van der Waals surface area contributed by atoms with Crippen molar-refractivity contribution in [2.24, 2.45) is 0 Å². The molecule has 3 heteroatoms. The van der Waals surface area contributed by atoms with Crippen molar-refractivity contribution in [3.8, 4) is 0 Å². The van der Waals surface area contributed by atoms with Gasteiger partial charge in [-0.2, -0.15) is 0 Å². The Hall–Kier alpha value is -2.36. The molecular formula is C22H12BrNS. The summed E-state index contributed by atoms with van der Waals surface area (Å²) in [5, 5.41) is 7.90. The Kier molecular flexibility index (Phi) is 2.69. The summed E-state index contributed by atoms with van der Waals surface area (Å²) in [6, 6.07) is 24.3. The summed E-state index contributed by atoms with van der Waals surface area (Å²) in [5.41, 5.74) is 2.38. The van der Waals surface area contributed by atoms with Crippen molar-refractivity contribution >= 4 is 80.0 Å². The van der Waals surface area contributed by atoms with Crippen molar-refractivity contribution in [2.45, 2.75) is 0 Å². The van der Waals surface area contributed by atoms with Crippen LogP contribution in [-0.4, -0.2) is 4.98 Å². The lowest BCUT2D eigenvalue weighted by Gasteiger charge is -2.02. The first-order valence-electron chi connectivity index (χ1n) is 8.23. The summed E-state index contributed by atoms with van der Waals surface area (Å²) in [6.45, 7) is 0. The number of nitrogens with one attached hydrogen (secondary N) is 1. The van der Waals surface area contributed by atoms with Crippen molar-refractivity contribution in [2.75, 3.05) is 0 Å². The lowest BCUT2D eigenvalue weighted by Crippen LogP contribution is -1.76. The first kappa shape index (κ1) is 13.9. The third-order valence-corrected chi connectivity index (χ3v) is 6.67. The van der Waals surface area contributed by atoms with Gasteiger partial charge < -0.3 is 4.98 Å². The number of fused-ring (bicyclic) bond motifs is 8. The lowest BCUT2D eigenvalue weighted by molar-refractivity contribution is 1.55. The molecule has 0 atom stereocenters. The number of hydrogen-bond acceptors (Lipinski definition) is 1. The molecule has 118 valence electrons. The number of aromatic nitrogens is 1. The number of H-pyrrole nitrogens is 1. The fourth-order valence-electron chi connectivity index (χ4n) is 3.92. The summed E-state index contributed by atoms with van der Waals surface area (Å²) in [6.07, 6.45) is 0. The van der Waals surface area contributed by atoms with Gasteiger partial charge in [0.15, 0.2) is 0 Å². The van der Waals surface area contributed by atoms with E-state index < -0.39 is 0 Å². The van der Waals surface area contributed by atoms with E-state index >= 15 is 0 Å². The molecule has 0 spiro atoms.